The molecule has 29 heavy (non-hydrogen) atoms. The first-order chi connectivity index (χ1) is 14.1. The Morgan fingerprint density at radius 3 is 2.76 bits per heavy atom. The van der Waals surface area contributed by atoms with E-state index in [1.165, 1.54) is 0 Å². The van der Waals surface area contributed by atoms with Crippen molar-refractivity contribution in [3.63, 3.8) is 0 Å². The van der Waals surface area contributed by atoms with E-state index in [0.29, 0.717) is 42.9 Å². The van der Waals surface area contributed by atoms with Crippen LogP contribution in [0, 0.1) is 5.92 Å². The summed E-state index contributed by atoms with van der Waals surface area (Å²) in [7, 11) is 5.13. The van der Waals surface area contributed by atoms with Crippen LogP contribution in [0.3, 0.4) is 0 Å². The molecule has 152 valence electrons. The summed E-state index contributed by atoms with van der Waals surface area (Å²) in [6, 6.07) is 7.60. The largest absolute Gasteiger partial charge is 0.493 e. The van der Waals surface area contributed by atoms with E-state index in [9.17, 15) is 4.79 Å². The van der Waals surface area contributed by atoms with Crippen molar-refractivity contribution in [1.82, 2.24) is 19.9 Å². The lowest BCUT2D eigenvalue weighted by atomic mass is 10.1. The number of carbonyl (C=O) groups is 1. The molecule has 1 aliphatic heterocycles. The number of hydrogen-bond donors (Lipinski definition) is 1. The number of nitrogens with zero attached hydrogens (tertiary/aromatic N) is 3. The fourth-order valence-electron chi connectivity index (χ4n) is 3.57. The zero-order valence-corrected chi connectivity index (χ0v) is 16.8. The van der Waals surface area contributed by atoms with Crippen molar-refractivity contribution in [3.8, 4) is 28.6 Å². The van der Waals surface area contributed by atoms with Gasteiger partial charge in [0.15, 0.2) is 11.5 Å². The van der Waals surface area contributed by atoms with Crippen LogP contribution in [0.5, 0.6) is 17.4 Å². The molecule has 0 saturated carbocycles. The Hall–Kier alpha value is -3.29. The summed E-state index contributed by atoms with van der Waals surface area (Å²) in [6.07, 6.45) is 3.10. The molecule has 1 amide bonds. The lowest BCUT2D eigenvalue weighted by Crippen LogP contribution is -2.14. The lowest BCUT2D eigenvalue weighted by molar-refractivity contribution is -0.119. The molecular formula is C21H24N4O4. The average molecular weight is 396 g/mol. The summed E-state index contributed by atoms with van der Waals surface area (Å²) in [5, 5.41) is 2.86. The second kappa shape index (κ2) is 7.98. The number of rotatable bonds is 7. The molecule has 0 spiro atoms. The van der Waals surface area contributed by atoms with Gasteiger partial charge < -0.3 is 24.1 Å². The van der Waals surface area contributed by atoms with Crippen molar-refractivity contribution in [1.29, 1.82) is 0 Å². The number of nitrogens with one attached hydrogen (secondary N) is 1. The third kappa shape index (κ3) is 3.83. The highest BCUT2D eigenvalue weighted by molar-refractivity contribution is 5.85. The highest BCUT2D eigenvalue weighted by atomic mass is 16.5. The highest BCUT2D eigenvalue weighted by Crippen LogP contribution is 2.34. The van der Waals surface area contributed by atoms with Gasteiger partial charge in [0.25, 0.3) is 0 Å². The molecule has 1 aromatic carbocycles. The summed E-state index contributed by atoms with van der Waals surface area (Å²) in [6.45, 7) is 1.20. The minimum atomic E-state index is 0.109. The van der Waals surface area contributed by atoms with Crippen molar-refractivity contribution < 1.29 is 19.0 Å². The van der Waals surface area contributed by atoms with Gasteiger partial charge in [-0.2, -0.15) is 0 Å². The van der Waals surface area contributed by atoms with Crippen molar-refractivity contribution in [2.75, 3.05) is 27.4 Å². The number of benzene rings is 1. The Bertz CT molecular complexity index is 1050. The van der Waals surface area contributed by atoms with Crippen molar-refractivity contribution in [2.24, 2.45) is 13.0 Å². The standard InChI is InChI=1S/C21H24N4O4/c1-25-12-23-16-10-15(14-4-5-17(27-2)18(9-14)28-3)24-21(20(16)25)29-7-6-13-8-19(26)22-11-13/h4-5,9-10,12-13H,6-8,11H2,1-3H3,(H,22,26)/t13-/m1/s1. The number of imidazole rings is 1. The van der Waals surface area contributed by atoms with Gasteiger partial charge in [-0.1, -0.05) is 0 Å². The number of carbonyl (C=O) groups excluding carboxylic acids is 1. The minimum Gasteiger partial charge on any atom is -0.493 e. The Labute approximate surface area is 168 Å². The summed E-state index contributed by atoms with van der Waals surface area (Å²) < 4.78 is 18.7. The van der Waals surface area contributed by atoms with Gasteiger partial charge in [0.1, 0.15) is 5.52 Å². The zero-order chi connectivity index (χ0) is 20.4. The van der Waals surface area contributed by atoms with Crippen LogP contribution < -0.4 is 19.5 Å². The van der Waals surface area contributed by atoms with Crippen LogP contribution >= 0.6 is 0 Å². The van der Waals surface area contributed by atoms with Crippen LogP contribution in [-0.2, 0) is 11.8 Å². The molecule has 1 fully saturated rings. The van der Waals surface area contributed by atoms with E-state index in [1.807, 2.05) is 35.9 Å². The molecule has 1 atom stereocenters. The summed E-state index contributed by atoms with van der Waals surface area (Å²) >= 11 is 0. The molecule has 4 rings (SSSR count). The molecule has 2 aromatic heterocycles. The molecular weight excluding hydrogens is 372 g/mol. The van der Waals surface area contributed by atoms with E-state index in [-0.39, 0.29) is 5.91 Å². The van der Waals surface area contributed by atoms with Gasteiger partial charge in [-0.15, -0.1) is 0 Å². The number of methoxy groups -OCH3 is 2. The highest BCUT2D eigenvalue weighted by Gasteiger charge is 2.21. The predicted molar refractivity (Wildman–Crippen MR) is 108 cm³/mol. The molecule has 0 aliphatic carbocycles. The Kier molecular flexibility index (Phi) is 5.24. The zero-order valence-electron chi connectivity index (χ0n) is 16.8. The number of ether oxygens (including phenoxy) is 3. The normalized spacial score (nSPS) is 16.1. The van der Waals surface area contributed by atoms with Gasteiger partial charge in [0.2, 0.25) is 11.8 Å². The second-order valence-electron chi connectivity index (χ2n) is 7.12. The number of hydrogen-bond acceptors (Lipinski definition) is 6. The molecule has 0 bridgehead atoms. The number of aryl methyl sites for hydroxylation is 1. The number of fused-ring (bicyclic) bond motifs is 1. The maximum Gasteiger partial charge on any atom is 0.240 e. The topological polar surface area (TPSA) is 87.5 Å². The van der Waals surface area contributed by atoms with Crippen LogP contribution in [0.2, 0.25) is 0 Å². The summed E-state index contributed by atoms with van der Waals surface area (Å²) in [4.78, 5) is 20.6. The summed E-state index contributed by atoms with van der Waals surface area (Å²) in [5.74, 6) is 2.24. The first-order valence-electron chi connectivity index (χ1n) is 9.53. The van der Waals surface area contributed by atoms with E-state index in [1.54, 1.807) is 20.5 Å². The van der Waals surface area contributed by atoms with Crippen LogP contribution in [-0.4, -0.2) is 47.8 Å². The van der Waals surface area contributed by atoms with Crippen molar-refractivity contribution in [2.45, 2.75) is 12.8 Å². The maximum atomic E-state index is 11.4. The van der Waals surface area contributed by atoms with Crippen molar-refractivity contribution >= 4 is 16.9 Å². The smallest absolute Gasteiger partial charge is 0.240 e. The van der Waals surface area contributed by atoms with Crippen molar-refractivity contribution in [3.05, 3.63) is 30.6 Å². The molecule has 0 radical (unpaired) electrons. The van der Waals surface area contributed by atoms with Crippen LogP contribution in [0.25, 0.3) is 22.3 Å². The van der Waals surface area contributed by atoms with E-state index >= 15 is 0 Å². The fraction of sp³-hybridized carbons (Fsp3) is 0.381. The fourth-order valence-corrected chi connectivity index (χ4v) is 3.57. The Morgan fingerprint density at radius 1 is 1.21 bits per heavy atom. The molecule has 1 saturated heterocycles. The number of amides is 1. The number of aromatic nitrogens is 3. The predicted octanol–water partition coefficient (Wildman–Crippen LogP) is 2.56. The molecule has 0 unspecified atom stereocenters. The van der Waals surface area contributed by atoms with E-state index < -0.39 is 0 Å². The first kappa shape index (κ1) is 19.0. The molecule has 8 heteroatoms. The van der Waals surface area contributed by atoms with E-state index in [4.69, 9.17) is 19.2 Å². The van der Waals surface area contributed by atoms with E-state index in [0.717, 1.165) is 28.7 Å². The minimum absolute atomic E-state index is 0.109. The second-order valence-corrected chi connectivity index (χ2v) is 7.12. The quantitative estimate of drug-likeness (QED) is 0.660. The van der Waals surface area contributed by atoms with Crippen LogP contribution in [0.1, 0.15) is 12.8 Å². The molecule has 1 aliphatic rings. The van der Waals surface area contributed by atoms with Gasteiger partial charge in [0, 0.05) is 25.6 Å². The molecule has 3 aromatic rings. The Morgan fingerprint density at radius 2 is 2.03 bits per heavy atom. The number of pyridine rings is 1. The maximum absolute atomic E-state index is 11.4. The van der Waals surface area contributed by atoms with Gasteiger partial charge >= 0.3 is 0 Å². The lowest BCUT2D eigenvalue weighted by Gasteiger charge is -2.13. The average Bonchev–Trinajstić information content (AvgIpc) is 3.32. The third-order valence-corrected chi connectivity index (χ3v) is 5.17. The van der Waals surface area contributed by atoms with Gasteiger partial charge in [0.05, 0.1) is 38.4 Å². The van der Waals surface area contributed by atoms with Gasteiger partial charge in [-0.05, 0) is 36.6 Å². The molecule has 8 nitrogen and oxygen atoms in total. The third-order valence-electron chi connectivity index (χ3n) is 5.17. The van der Waals surface area contributed by atoms with Crippen LogP contribution in [0.15, 0.2) is 30.6 Å². The first-order valence-corrected chi connectivity index (χ1v) is 9.53. The summed E-state index contributed by atoms with van der Waals surface area (Å²) in [5.41, 5.74) is 3.27. The van der Waals surface area contributed by atoms with Gasteiger partial charge in [-0.25, -0.2) is 9.97 Å². The Balaban J connectivity index is 1.63. The van der Waals surface area contributed by atoms with Crippen LogP contribution in [0.4, 0.5) is 0 Å². The molecule has 1 N–H and O–H groups in total. The van der Waals surface area contributed by atoms with Gasteiger partial charge in [-0.3, -0.25) is 4.79 Å². The SMILES string of the molecule is COc1ccc(-c2cc3ncn(C)c3c(OCC[C@H]3CNC(=O)C3)n2)cc1OC. The van der Waals surface area contributed by atoms with E-state index in [2.05, 4.69) is 10.3 Å². The molecule has 3 heterocycles. The monoisotopic (exact) mass is 396 g/mol.